The minimum Gasteiger partial charge on any atom is -0.462 e. The van der Waals surface area contributed by atoms with Gasteiger partial charge in [0.15, 0.2) is 12.0 Å². The minimum absolute atomic E-state index is 0.00255. The van der Waals surface area contributed by atoms with Gasteiger partial charge >= 0.3 is 11.9 Å². The van der Waals surface area contributed by atoms with Gasteiger partial charge in [-0.15, -0.1) is 0 Å². The molecule has 1 aromatic heterocycles. The summed E-state index contributed by atoms with van der Waals surface area (Å²) in [4.78, 5) is 31.1. The van der Waals surface area contributed by atoms with E-state index in [1.165, 1.54) is 5.19 Å². The molecule has 0 spiro atoms. The number of fused-ring (bicyclic) bond motifs is 4. The largest absolute Gasteiger partial charge is 0.462 e. The van der Waals surface area contributed by atoms with E-state index in [9.17, 15) is 9.59 Å². The molecule has 4 aliphatic rings. The third-order valence-corrected chi connectivity index (χ3v) is 15.9. The number of hydrogen-bond acceptors (Lipinski definition) is 10. The zero-order valence-corrected chi connectivity index (χ0v) is 35.6. The number of carbonyl (C=O) groups excluding carboxylic acids is 2. The summed E-state index contributed by atoms with van der Waals surface area (Å²) in [5.41, 5.74) is 2.09. The van der Waals surface area contributed by atoms with Crippen LogP contribution in [0, 0.1) is 24.7 Å². The fourth-order valence-electron chi connectivity index (χ4n) is 8.64. The molecule has 4 aliphatic heterocycles. The number of methoxy groups -OCH3 is 1. The van der Waals surface area contributed by atoms with Gasteiger partial charge in [0.1, 0.15) is 35.9 Å². The van der Waals surface area contributed by atoms with Crippen LogP contribution >= 0.6 is 0 Å². The van der Waals surface area contributed by atoms with E-state index in [1.807, 2.05) is 51.1 Å². The molecule has 1 unspecified atom stereocenters. The van der Waals surface area contributed by atoms with Crippen LogP contribution in [0.3, 0.4) is 0 Å². The quantitative estimate of drug-likeness (QED) is 0.0689. The maximum Gasteiger partial charge on any atom is 0.338 e. The molecular weight excluding hydrogens is 727 g/mol. The monoisotopic (exact) mass is 787 g/mol. The smallest absolute Gasteiger partial charge is 0.338 e. The third-order valence-electron chi connectivity index (χ3n) is 12.1. The molecule has 12 atom stereocenters. The van der Waals surface area contributed by atoms with Crippen molar-refractivity contribution in [3.8, 4) is 0 Å². The molecule has 0 saturated carbocycles. The van der Waals surface area contributed by atoms with Gasteiger partial charge in [-0.1, -0.05) is 87.9 Å². The molecule has 0 N–H and O–H groups in total. The van der Waals surface area contributed by atoms with Crippen molar-refractivity contribution in [3.63, 3.8) is 0 Å². The Morgan fingerprint density at radius 3 is 2.54 bits per heavy atom. The van der Waals surface area contributed by atoms with Gasteiger partial charge in [0.25, 0.3) is 0 Å². The molecule has 0 radical (unpaired) electrons. The molecule has 1 aromatic carbocycles. The SMILES string of the molecule is CCC[Si](C)(O[C@H]1C[C@@H]([C@H](C)[C@@H](OC)/C(C)=C/C=C/C(C)=C/c2coc(C)n2)OC(=O)[C@@H]2O[C@@H]2C[C@H]2CC(=O)O[C@H](C2)[C@H](C)/C=C/[C@H]2O[C@]12C)c1ccccc1. The standard InChI is InChI=1S/C45H61NO9Si/c1-10-21-56(9,35-17-12-11-13-18-35)55-40-26-37(31(5)42(49-8)30(4)16-14-15-28(2)22-34-27-50-32(6)46-34)53-44(48)43-38(52-43)24-33-23-36(51-41(47)25-33)29(3)19-20-39-45(40,7)54-39/h11-20,22,27,29,31,33,36-40,42-43H,10,21,23-26H2,1-9H3/b15-14+,20-19+,28-22+,30-16+/t29-,31+,33+,36-,37+,38-,39-,40+,42+,43-,45+,56?/m1/s1. The fraction of sp³-hybridized carbons (Fsp3) is 0.578. The normalized spacial score (nSPS) is 34.0. The van der Waals surface area contributed by atoms with E-state index >= 15 is 0 Å². The Morgan fingerprint density at radius 2 is 1.84 bits per heavy atom. The summed E-state index contributed by atoms with van der Waals surface area (Å²) < 4.78 is 43.9. The van der Waals surface area contributed by atoms with E-state index in [1.54, 1.807) is 13.4 Å². The number of hydrogen-bond donors (Lipinski definition) is 0. The van der Waals surface area contributed by atoms with E-state index in [0.717, 1.165) is 35.7 Å². The Balaban J connectivity index is 1.33. The van der Waals surface area contributed by atoms with Gasteiger partial charge in [0.2, 0.25) is 8.32 Å². The number of ether oxygens (including phenoxy) is 5. The molecule has 0 aliphatic carbocycles. The second-order valence-electron chi connectivity index (χ2n) is 16.8. The first-order valence-corrected chi connectivity index (χ1v) is 23.0. The molecule has 2 aromatic rings. The molecule has 0 amide bonds. The predicted molar refractivity (Wildman–Crippen MR) is 217 cm³/mol. The number of oxazole rings is 1. The summed E-state index contributed by atoms with van der Waals surface area (Å²) in [6, 6.07) is 11.4. The highest BCUT2D eigenvalue weighted by Gasteiger charge is 2.60. The number of benzene rings is 1. The molecule has 3 fully saturated rings. The van der Waals surface area contributed by atoms with Crippen molar-refractivity contribution in [2.24, 2.45) is 17.8 Å². The lowest BCUT2D eigenvalue weighted by atomic mass is 9.84. The molecule has 11 heteroatoms. The van der Waals surface area contributed by atoms with Crippen LogP contribution in [0.1, 0.15) is 85.2 Å². The van der Waals surface area contributed by atoms with E-state index < -0.39 is 38.2 Å². The van der Waals surface area contributed by atoms with Crippen LogP contribution in [-0.2, 0) is 37.7 Å². The van der Waals surface area contributed by atoms with Gasteiger partial charge in [-0.25, -0.2) is 9.78 Å². The number of cyclic esters (lactones) is 1. The van der Waals surface area contributed by atoms with Crippen LogP contribution in [0.25, 0.3) is 6.08 Å². The van der Waals surface area contributed by atoms with Crippen molar-refractivity contribution in [3.05, 3.63) is 89.7 Å². The van der Waals surface area contributed by atoms with Gasteiger partial charge in [-0.2, -0.15) is 0 Å². The Bertz CT molecular complexity index is 1800. The van der Waals surface area contributed by atoms with Gasteiger partial charge in [0.05, 0.1) is 18.3 Å². The number of aryl methyl sites for hydroxylation is 1. The van der Waals surface area contributed by atoms with Crippen molar-refractivity contribution >= 4 is 31.5 Å². The first-order valence-electron chi connectivity index (χ1n) is 20.4. The van der Waals surface area contributed by atoms with Crippen LogP contribution in [0.4, 0.5) is 0 Å². The zero-order chi connectivity index (χ0) is 40.2. The summed E-state index contributed by atoms with van der Waals surface area (Å²) in [7, 11) is -0.833. The number of nitrogens with zero attached hydrogens (tertiary/aromatic N) is 1. The second kappa shape index (κ2) is 17.9. The molecule has 5 heterocycles. The maximum absolute atomic E-state index is 14.0. The van der Waals surface area contributed by atoms with Gasteiger partial charge in [-0.05, 0) is 74.5 Å². The average molecular weight is 788 g/mol. The van der Waals surface area contributed by atoms with E-state index in [-0.39, 0.29) is 48.1 Å². The van der Waals surface area contributed by atoms with Gasteiger partial charge in [0, 0.05) is 38.7 Å². The molecule has 2 bridgehead atoms. The van der Waals surface area contributed by atoms with Crippen molar-refractivity contribution in [2.45, 2.75) is 141 Å². The summed E-state index contributed by atoms with van der Waals surface area (Å²) in [5.74, 6) is -0.167. The Labute approximate surface area is 333 Å². The molecule has 56 heavy (non-hydrogen) atoms. The van der Waals surface area contributed by atoms with Crippen LogP contribution < -0.4 is 5.19 Å². The van der Waals surface area contributed by atoms with E-state index in [4.69, 9.17) is 32.5 Å². The molecule has 10 nitrogen and oxygen atoms in total. The van der Waals surface area contributed by atoms with Crippen LogP contribution in [0.2, 0.25) is 12.6 Å². The highest BCUT2D eigenvalue weighted by Crippen LogP contribution is 2.46. The summed E-state index contributed by atoms with van der Waals surface area (Å²) in [6.07, 6.45) is 14.1. The van der Waals surface area contributed by atoms with E-state index in [0.29, 0.717) is 25.2 Å². The number of rotatable bonds is 12. The number of allylic oxidation sites excluding steroid dienone is 4. The van der Waals surface area contributed by atoms with Gasteiger partial charge < -0.3 is 32.5 Å². The lowest BCUT2D eigenvalue weighted by Crippen LogP contribution is -2.54. The van der Waals surface area contributed by atoms with Crippen molar-refractivity contribution in [2.75, 3.05) is 7.11 Å². The Morgan fingerprint density at radius 1 is 1.09 bits per heavy atom. The number of epoxide rings is 2. The highest BCUT2D eigenvalue weighted by atomic mass is 28.4. The number of esters is 2. The molecule has 6 rings (SSSR count). The fourth-order valence-corrected chi connectivity index (χ4v) is 12.0. The average Bonchev–Trinajstić information content (AvgIpc) is 4.04. The number of aromatic nitrogens is 1. The van der Waals surface area contributed by atoms with E-state index in [2.05, 4.69) is 75.6 Å². The van der Waals surface area contributed by atoms with Crippen LogP contribution in [0.15, 0.2) is 82.5 Å². The number of carbonyl (C=O) groups is 2. The first kappa shape index (κ1) is 42.0. The summed E-state index contributed by atoms with van der Waals surface area (Å²) >= 11 is 0. The van der Waals surface area contributed by atoms with Crippen molar-refractivity contribution in [1.29, 1.82) is 0 Å². The second-order valence-corrected chi connectivity index (χ2v) is 20.5. The third kappa shape index (κ3) is 10.1. The van der Waals surface area contributed by atoms with Crippen LogP contribution in [0.5, 0.6) is 0 Å². The molecular formula is C45H61NO9Si. The Kier molecular flexibility index (Phi) is 13.4. The lowest BCUT2D eigenvalue weighted by Gasteiger charge is -2.38. The van der Waals surface area contributed by atoms with Crippen molar-refractivity contribution < 1.29 is 42.1 Å². The topological polar surface area (TPSA) is 122 Å². The van der Waals surface area contributed by atoms with Crippen molar-refractivity contribution in [1.82, 2.24) is 4.98 Å². The minimum atomic E-state index is -2.53. The maximum atomic E-state index is 14.0. The summed E-state index contributed by atoms with van der Waals surface area (Å²) in [5, 5.41) is 1.21. The van der Waals surface area contributed by atoms with Crippen LogP contribution in [-0.4, -0.2) is 80.7 Å². The molecule has 3 saturated heterocycles. The lowest BCUT2D eigenvalue weighted by molar-refractivity contribution is -0.159. The highest BCUT2D eigenvalue weighted by molar-refractivity contribution is 6.85. The first-order chi connectivity index (χ1) is 26.7. The zero-order valence-electron chi connectivity index (χ0n) is 34.6. The summed E-state index contributed by atoms with van der Waals surface area (Å²) in [6.45, 7) is 16.6. The Hall–Kier alpha value is -3.61. The van der Waals surface area contributed by atoms with Gasteiger partial charge in [-0.3, -0.25) is 4.79 Å². The predicted octanol–water partition coefficient (Wildman–Crippen LogP) is 7.96. The molecule has 304 valence electrons.